The largest absolute Gasteiger partial charge is 0.396 e. The SMILES string of the molecule is CCCCCn1nc(C(=O)NCC(C)CO)cc1C(C)C. The van der Waals surface area contributed by atoms with Crippen LogP contribution in [0.5, 0.6) is 0 Å². The molecular formula is C16H29N3O2. The van der Waals surface area contributed by atoms with Crippen LogP contribution in [-0.2, 0) is 6.54 Å². The monoisotopic (exact) mass is 295 g/mol. The molecule has 1 aromatic heterocycles. The van der Waals surface area contributed by atoms with Crippen molar-refractivity contribution in [2.75, 3.05) is 13.2 Å². The molecule has 1 aromatic rings. The van der Waals surface area contributed by atoms with Crippen LogP contribution in [0.4, 0.5) is 0 Å². The predicted molar refractivity (Wildman–Crippen MR) is 84.4 cm³/mol. The number of carbonyl (C=O) groups excluding carboxylic acids is 1. The van der Waals surface area contributed by atoms with Crippen molar-refractivity contribution in [3.8, 4) is 0 Å². The summed E-state index contributed by atoms with van der Waals surface area (Å²) in [6, 6.07) is 1.88. The van der Waals surface area contributed by atoms with Crippen molar-refractivity contribution in [2.45, 2.75) is 59.4 Å². The van der Waals surface area contributed by atoms with Crippen LogP contribution in [0.2, 0.25) is 0 Å². The average Bonchev–Trinajstić information content (AvgIpc) is 2.89. The van der Waals surface area contributed by atoms with E-state index in [1.807, 2.05) is 17.7 Å². The summed E-state index contributed by atoms with van der Waals surface area (Å²) < 4.78 is 1.96. The van der Waals surface area contributed by atoms with Gasteiger partial charge in [-0.05, 0) is 24.3 Å². The molecule has 0 bridgehead atoms. The number of nitrogens with one attached hydrogen (secondary N) is 1. The van der Waals surface area contributed by atoms with Gasteiger partial charge in [0.1, 0.15) is 5.69 Å². The number of aliphatic hydroxyl groups is 1. The molecule has 0 saturated carbocycles. The summed E-state index contributed by atoms with van der Waals surface area (Å²) in [7, 11) is 0. The van der Waals surface area contributed by atoms with Gasteiger partial charge in [-0.25, -0.2) is 0 Å². The minimum absolute atomic E-state index is 0.0603. The predicted octanol–water partition coefficient (Wildman–Crippen LogP) is 2.55. The quantitative estimate of drug-likeness (QED) is 0.688. The van der Waals surface area contributed by atoms with E-state index in [0.29, 0.717) is 18.2 Å². The van der Waals surface area contributed by atoms with Crippen LogP contribution in [0, 0.1) is 5.92 Å². The lowest BCUT2D eigenvalue weighted by atomic mass is 10.1. The molecule has 0 aromatic carbocycles. The van der Waals surface area contributed by atoms with Gasteiger partial charge in [-0.1, -0.05) is 40.5 Å². The van der Waals surface area contributed by atoms with Crippen molar-refractivity contribution in [1.29, 1.82) is 0 Å². The second kappa shape index (κ2) is 8.82. The average molecular weight is 295 g/mol. The van der Waals surface area contributed by atoms with Crippen molar-refractivity contribution in [2.24, 2.45) is 5.92 Å². The molecule has 0 aliphatic rings. The van der Waals surface area contributed by atoms with E-state index in [1.165, 1.54) is 12.8 Å². The molecule has 5 heteroatoms. The second-order valence-electron chi connectivity index (χ2n) is 6.04. The topological polar surface area (TPSA) is 67.2 Å². The molecule has 1 rings (SSSR count). The minimum Gasteiger partial charge on any atom is -0.396 e. The highest BCUT2D eigenvalue weighted by molar-refractivity contribution is 5.92. The van der Waals surface area contributed by atoms with E-state index >= 15 is 0 Å². The number of aromatic nitrogens is 2. The molecule has 0 fully saturated rings. The van der Waals surface area contributed by atoms with E-state index in [9.17, 15) is 4.79 Å². The zero-order chi connectivity index (χ0) is 15.8. The number of nitrogens with zero attached hydrogens (tertiary/aromatic N) is 2. The van der Waals surface area contributed by atoms with Crippen molar-refractivity contribution >= 4 is 5.91 Å². The number of hydrogen-bond donors (Lipinski definition) is 2. The second-order valence-corrected chi connectivity index (χ2v) is 6.04. The molecule has 21 heavy (non-hydrogen) atoms. The van der Waals surface area contributed by atoms with Gasteiger partial charge in [0.25, 0.3) is 5.91 Å². The highest BCUT2D eigenvalue weighted by Gasteiger charge is 2.16. The Hall–Kier alpha value is -1.36. The van der Waals surface area contributed by atoms with Crippen LogP contribution in [0.15, 0.2) is 6.07 Å². The maximum atomic E-state index is 12.1. The molecule has 0 aliphatic heterocycles. The summed E-state index contributed by atoms with van der Waals surface area (Å²) in [5.74, 6) is 0.244. The van der Waals surface area contributed by atoms with Gasteiger partial charge in [-0.2, -0.15) is 5.10 Å². The molecule has 1 atom stereocenters. The highest BCUT2D eigenvalue weighted by Crippen LogP contribution is 2.17. The number of hydrogen-bond acceptors (Lipinski definition) is 3. The minimum atomic E-state index is -0.161. The van der Waals surface area contributed by atoms with E-state index in [2.05, 4.69) is 31.2 Å². The molecule has 0 spiro atoms. The summed E-state index contributed by atoms with van der Waals surface area (Å²) in [6.45, 7) is 9.70. The standard InChI is InChI=1S/C16H29N3O2/c1-5-6-7-8-19-15(12(2)3)9-14(18-19)16(21)17-10-13(4)11-20/h9,12-13,20H,5-8,10-11H2,1-4H3,(H,17,21). The van der Waals surface area contributed by atoms with Gasteiger partial charge in [-0.15, -0.1) is 0 Å². The van der Waals surface area contributed by atoms with Gasteiger partial charge < -0.3 is 10.4 Å². The number of rotatable bonds is 9. The van der Waals surface area contributed by atoms with Crippen LogP contribution in [-0.4, -0.2) is 33.9 Å². The molecule has 1 unspecified atom stereocenters. The van der Waals surface area contributed by atoms with E-state index in [4.69, 9.17) is 5.11 Å². The Morgan fingerprint density at radius 1 is 1.38 bits per heavy atom. The molecule has 120 valence electrons. The van der Waals surface area contributed by atoms with Crippen molar-refractivity contribution in [3.05, 3.63) is 17.5 Å². The molecule has 0 aliphatic carbocycles. The van der Waals surface area contributed by atoms with Gasteiger partial charge >= 0.3 is 0 Å². The van der Waals surface area contributed by atoms with Crippen molar-refractivity contribution < 1.29 is 9.90 Å². The highest BCUT2D eigenvalue weighted by atomic mass is 16.3. The summed E-state index contributed by atoms with van der Waals surface area (Å²) in [6.07, 6.45) is 3.43. The fourth-order valence-corrected chi connectivity index (χ4v) is 2.12. The lowest BCUT2D eigenvalue weighted by Crippen LogP contribution is -2.29. The molecule has 0 saturated heterocycles. The Balaban J connectivity index is 2.73. The van der Waals surface area contributed by atoms with Crippen LogP contribution < -0.4 is 5.32 Å². The Morgan fingerprint density at radius 2 is 2.10 bits per heavy atom. The fraction of sp³-hybridized carbons (Fsp3) is 0.750. The lowest BCUT2D eigenvalue weighted by molar-refractivity contribution is 0.0936. The van der Waals surface area contributed by atoms with Crippen LogP contribution in [0.1, 0.15) is 69.1 Å². The maximum Gasteiger partial charge on any atom is 0.271 e. The van der Waals surface area contributed by atoms with E-state index in [1.54, 1.807) is 0 Å². The number of aryl methyl sites for hydroxylation is 1. The molecule has 5 nitrogen and oxygen atoms in total. The third-order valence-corrected chi connectivity index (χ3v) is 3.53. The Bertz CT molecular complexity index is 441. The normalized spacial score (nSPS) is 12.7. The van der Waals surface area contributed by atoms with Gasteiger partial charge in [0.05, 0.1) is 0 Å². The first-order valence-electron chi connectivity index (χ1n) is 7.96. The molecule has 0 radical (unpaired) electrons. The first kappa shape index (κ1) is 17.7. The molecule has 1 amide bonds. The summed E-state index contributed by atoms with van der Waals surface area (Å²) in [5.41, 5.74) is 1.58. The first-order valence-corrected chi connectivity index (χ1v) is 7.96. The van der Waals surface area contributed by atoms with Crippen LogP contribution >= 0.6 is 0 Å². The number of aliphatic hydroxyl groups excluding tert-OH is 1. The summed E-state index contributed by atoms with van der Waals surface area (Å²) in [4.78, 5) is 12.1. The third-order valence-electron chi connectivity index (χ3n) is 3.53. The number of amides is 1. The Labute approximate surface area is 127 Å². The van der Waals surface area contributed by atoms with E-state index < -0.39 is 0 Å². The zero-order valence-electron chi connectivity index (χ0n) is 13.7. The van der Waals surface area contributed by atoms with Gasteiger partial charge in [-0.3, -0.25) is 9.48 Å². The van der Waals surface area contributed by atoms with E-state index in [0.717, 1.165) is 18.7 Å². The van der Waals surface area contributed by atoms with Gasteiger partial charge in [0, 0.05) is 25.4 Å². The van der Waals surface area contributed by atoms with Crippen LogP contribution in [0.25, 0.3) is 0 Å². The van der Waals surface area contributed by atoms with Gasteiger partial charge in [0.15, 0.2) is 0 Å². The maximum absolute atomic E-state index is 12.1. The zero-order valence-corrected chi connectivity index (χ0v) is 13.7. The fourth-order valence-electron chi connectivity index (χ4n) is 2.12. The van der Waals surface area contributed by atoms with Crippen LogP contribution in [0.3, 0.4) is 0 Å². The molecular weight excluding hydrogens is 266 g/mol. The lowest BCUT2D eigenvalue weighted by Gasteiger charge is -2.09. The summed E-state index contributed by atoms with van der Waals surface area (Å²) >= 11 is 0. The van der Waals surface area contributed by atoms with Crippen molar-refractivity contribution in [3.63, 3.8) is 0 Å². The smallest absolute Gasteiger partial charge is 0.271 e. The molecule has 1 heterocycles. The molecule has 2 N–H and O–H groups in total. The van der Waals surface area contributed by atoms with Crippen molar-refractivity contribution in [1.82, 2.24) is 15.1 Å². The van der Waals surface area contributed by atoms with E-state index in [-0.39, 0.29) is 18.4 Å². The Kier molecular flexibility index (Phi) is 7.43. The number of carbonyl (C=O) groups is 1. The summed E-state index contributed by atoms with van der Waals surface area (Å²) in [5, 5.41) is 16.3. The third kappa shape index (κ3) is 5.50. The van der Waals surface area contributed by atoms with Gasteiger partial charge in [0.2, 0.25) is 0 Å². The Morgan fingerprint density at radius 3 is 2.67 bits per heavy atom. The number of unbranched alkanes of at least 4 members (excludes halogenated alkanes) is 2. The first-order chi connectivity index (χ1) is 9.99.